The van der Waals surface area contributed by atoms with Gasteiger partial charge in [-0.3, -0.25) is 0 Å². The molecule has 1 aromatic carbocycles. The fraction of sp³-hybridized carbons (Fsp3) is 0.182. The molecular formula is C11H9Cl3O. The lowest BCUT2D eigenvalue weighted by Crippen LogP contribution is -2.25. The maximum atomic E-state index is 10.1. The van der Waals surface area contributed by atoms with Gasteiger partial charge in [0, 0.05) is 15.6 Å². The van der Waals surface area contributed by atoms with Gasteiger partial charge >= 0.3 is 0 Å². The van der Waals surface area contributed by atoms with Gasteiger partial charge in [-0.05, 0) is 18.2 Å². The maximum Gasteiger partial charge on any atom is 0.130 e. The molecule has 1 rings (SSSR count). The number of hydrogen-bond donors (Lipinski definition) is 1. The lowest BCUT2D eigenvalue weighted by atomic mass is 9.96. The third-order valence-electron chi connectivity index (χ3n) is 1.94. The zero-order chi connectivity index (χ0) is 11.5. The zero-order valence-corrected chi connectivity index (χ0v) is 10.1. The summed E-state index contributed by atoms with van der Waals surface area (Å²) < 4.78 is 0. The molecule has 0 heterocycles. The third-order valence-corrected chi connectivity index (χ3v) is 2.90. The number of aliphatic hydroxyl groups is 1. The third kappa shape index (κ3) is 2.78. The SMILES string of the molecule is C=C=CC(O)(CCl)c1ccc(Cl)cc1Cl. The van der Waals surface area contributed by atoms with Crippen molar-refractivity contribution in [3.63, 3.8) is 0 Å². The normalized spacial score (nSPS) is 14.1. The van der Waals surface area contributed by atoms with Gasteiger partial charge in [-0.2, -0.15) is 0 Å². The van der Waals surface area contributed by atoms with Crippen molar-refractivity contribution in [3.8, 4) is 0 Å². The van der Waals surface area contributed by atoms with E-state index in [9.17, 15) is 5.11 Å². The van der Waals surface area contributed by atoms with Crippen molar-refractivity contribution in [1.82, 2.24) is 0 Å². The Morgan fingerprint density at radius 3 is 2.60 bits per heavy atom. The Kier molecular flexibility index (Phi) is 4.27. The van der Waals surface area contributed by atoms with Crippen LogP contribution in [0.25, 0.3) is 0 Å². The molecule has 1 aromatic rings. The van der Waals surface area contributed by atoms with Crippen molar-refractivity contribution in [3.05, 3.63) is 52.2 Å². The molecule has 0 saturated heterocycles. The van der Waals surface area contributed by atoms with Crippen LogP contribution in [0, 0.1) is 0 Å². The molecule has 0 aromatic heterocycles. The topological polar surface area (TPSA) is 20.2 Å². The van der Waals surface area contributed by atoms with Crippen LogP contribution in [0.15, 0.2) is 36.6 Å². The summed E-state index contributed by atoms with van der Waals surface area (Å²) in [6.07, 6.45) is 1.37. The van der Waals surface area contributed by atoms with Crippen LogP contribution < -0.4 is 0 Å². The Morgan fingerprint density at radius 1 is 1.47 bits per heavy atom. The van der Waals surface area contributed by atoms with E-state index in [2.05, 4.69) is 12.3 Å². The zero-order valence-electron chi connectivity index (χ0n) is 7.80. The van der Waals surface area contributed by atoms with Crippen molar-refractivity contribution in [1.29, 1.82) is 0 Å². The lowest BCUT2D eigenvalue weighted by Gasteiger charge is -2.22. The van der Waals surface area contributed by atoms with E-state index in [0.717, 1.165) is 0 Å². The van der Waals surface area contributed by atoms with Gasteiger partial charge in [0.1, 0.15) is 5.60 Å². The van der Waals surface area contributed by atoms with Gasteiger partial charge in [0.2, 0.25) is 0 Å². The molecule has 1 nitrogen and oxygen atoms in total. The predicted octanol–water partition coefficient (Wildman–Crippen LogP) is 3.76. The first-order valence-electron chi connectivity index (χ1n) is 4.14. The van der Waals surface area contributed by atoms with E-state index >= 15 is 0 Å². The van der Waals surface area contributed by atoms with Crippen LogP contribution in [0.1, 0.15) is 5.56 Å². The molecule has 0 saturated carbocycles. The molecule has 0 fully saturated rings. The number of halogens is 3. The molecule has 0 radical (unpaired) electrons. The maximum absolute atomic E-state index is 10.1. The Balaban J connectivity index is 3.29. The fourth-order valence-electron chi connectivity index (χ4n) is 1.20. The quantitative estimate of drug-likeness (QED) is 0.650. The molecule has 1 atom stereocenters. The van der Waals surface area contributed by atoms with Gasteiger partial charge < -0.3 is 5.11 Å². The van der Waals surface area contributed by atoms with E-state index in [0.29, 0.717) is 15.6 Å². The highest BCUT2D eigenvalue weighted by Crippen LogP contribution is 2.32. The number of hydrogen-bond acceptors (Lipinski definition) is 1. The van der Waals surface area contributed by atoms with Crippen LogP contribution in [0.3, 0.4) is 0 Å². The summed E-state index contributed by atoms with van der Waals surface area (Å²) in [6, 6.07) is 4.81. The van der Waals surface area contributed by atoms with Crippen LogP contribution in [-0.4, -0.2) is 11.0 Å². The number of alkyl halides is 1. The summed E-state index contributed by atoms with van der Waals surface area (Å²) in [5.74, 6) is -0.0309. The molecule has 0 aliphatic heterocycles. The molecule has 1 unspecified atom stereocenters. The van der Waals surface area contributed by atoms with Crippen LogP contribution in [0.5, 0.6) is 0 Å². The minimum Gasteiger partial charge on any atom is -0.379 e. The smallest absolute Gasteiger partial charge is 0.130 e. The largest absolute Gasteiger partial charge is 0.379 e. The lowest BCUT2D eigenvalue weighted by molar-refractivity contribution is 0.115. The van der Waals surface area contributed by atoms with Crippen molar-refractivity contribution in [2.45, 2.75) is 5.60 Å². The molecule has 80 valence electrons. The number of rotatable bonds is 3. The molecule has 4 heteroatoms. The molecule has 0 spiro atoms. The Hall–Kier alpha value is -0.430. The van der Waals surface area contributed by atoms with Gasteiger partial charge in [-0.25, -0.2) is 0 Å². The second-order valence-electron chi connectivity index (χ2n) is 3.03. The van der Waals surface area contributed by atoms with Gasteiger partial charge in [-0.1, -0.05) is 35.8 Å². The van der Waals surface area contributed by atoms with Crippen molar-refractivity contribution < 1.29 is 5.11 Å². The van der Waals surface area contributed by atoms with Gasteiger partial charge in [0.05, 0.1) is 5.88 Å². The summed E-state index contributed by atoms with van der Waals surface area (Å²) in [4.78, 5) is 0. The van der Waals surface area contributed by atoms with Crippen LogP contribution in [-0.2, 0) is 5.60 Å². The molecule has 15 heavy (non-hydrogen) atoms. The molecule has 0 aliphatic rings. The summed E-state index contributed by atoms with van der Waals surface area (Å²) in [5.41, 5.74) is 1.63. The van der Waals surface area contributed by atoms with E-state index in [4.69, 9.17) is 34.8 Å². The summed E-state index contributed by atoms with van der Waals surface area (Å²) >= 11 is 17.4. The highest BCUT2D eigenvalue weighted by Gasteiger charge is 2.27. The standard InChI is InChI=1S/C11H9Cl3O/c1-2-5-11(15,7-12)9-4-3-8(13)6-10(9)14/h3-6,15H,1,7H2. The fourth-order valence-corrected chi connectivity index (χ4v) is 1.99. The summed E-state index contributed by atoms with van der Waals surface area (Å²) in [5, 5.41) is 11.0. The van der Waals surface area contributed by atoms with Crippen molar-refractivity contribution in [2.24, 2.45) is 0 Å². The first-order valence-corrected chi connectivity index (χ1v) is 5.43. The molecule has 0 amide bonds. The van der Waals surface area contributed by atoms with Gasteiger partial charge in [-0.15, -0.1) is 17.3 Å². The van der Waals surface area contributed by atoms with E-state index in [1.807, 2.05) is 0 Å². The minimum atomic E-state index is -1.36. The Morgan fingerprint density at radius 2 is 2.13 bits per heavy atom. The predicted molar refractivity (Wildman–Crippen MR) is 64.8 cm³/mol. The molecule has 1 N–H and O–H groups in total. The second kappa shape index (κ2) is 5.07. The summed E-state index contributed by atoms with van der Waals surface area (Å²) in [6.45, 7) is 3.40. The van der Waals surface area contributed by atoms with Gasteiger partial charge in [0.15, 0.2) is 0 Å². The van der Waals surface area contributed by atoms with Crippen LogP contribution in [0.2, 0.25) is 10.0 Å². The second-order valence-corrected chi connectivity index (χ2v) is 4.14. The van der Waals surface area contributed by atoms with Crippen molar-refractivity contribution in [2.75, 3.05) is 5.88 Å². The molecular weight excluding hydrogens is 254 g/mol. The highest BCUT2D eigenvalue weighted by atomic mass is 35.5. The van der Waals surface area contributed by atoms with E-state index < -0.39 is 5.60 Å². The minimum absolute atomic E-state index is 0.0309. The Labute approximate surface area is 104 Å². The average molecular weight is 264 g/mol. The average Bonchev–Trinajstić information content (AvgIpc) is 2.17. The first-order chi connectivity index (χ1) is 7.03. The van der Waals surface area contributed by atoms with Crippen molar-refractivity contribution >= 4 is 34.8 Å². The highest BCUT2D eigenvalue weighted by molar-refractivity contribution is 6.35. The van der Waals surface area contributed by atoms with Crippen LogP contribution >= 0.6 is 34.8 Å². The molecule has 0 aliphatic carbocycles. The molecule has 0 bridgehead atoms. The van der Waals surface area contributed by atoms with E-state index in [-0.39, 0.29) is 5.88 Å². The Bertz CT molecular complexity index is 410. The number of benzene rings is 1. The van der Waals surface area contributed by atoms with Gasteiger partial charge in [0.25, 0.3) is 0 Å². The summed E-state index contributed by atoms with van der Waals surface area (Å²) in [7, 11) is 0. The van der Waals surface area contributed by atoms with E-state index in [1.165, 1.54) is 6.08 Å². The monoisotopic (exact) mass is 262 g/mol. The first kappa shape index (κ1) is 12.6. The van der Waals surface area contributed by atoms with Crippen LogP contribution in [0.4, 0.5) is 0 Å². The van der Waals surface area contributed by atoms with E-state index in [1.54, 1.807) is 18.2 Å².